The van der Waals surface area contributed by atoms with Crippen molar-refractivity contribution < 1.29 is 10.0 Å². The molecule has 0 atom stereocenters. The second kappa shape index (κ2) is 7.11. The number of pyridine rings is 1. The van der Waals surface area contributed by atoms with E-state index in [0.29, 0.717) is 0 Å². The molecular formula is C15H12ClN5O4. The van der Waals surface area contributed by atoms with Gasteiger partial charge in [-0.05, 0) is 26.0 Å². The molecule has 1 heterocycles. The molecule has 10 heteroatoms. The number of nitrogens with zero attached hydrogens (tertiary/aromatic N) is 5. The average molecular weight is 362 g/mol. The zero-order chi connectivity index (χ0) is 18.7. The SMILES string of the molecule is CCn1c(O)c(N=Nc2ccc(Cl)cc2[N+](=O)[O-])c(C)c(C#N)c1=O. The number of hydrogen-bond donors (Lipinski definition) is 1. The van der Waals surface area contributed by atoms with Crippen LogP contribution in [0.15, 0.2) is 33.2 Å². The van der Waals surface area contributed by atoms with Gasteiger partial charge in [-0.1, -0.05) is 11.6 Å². The van der Waals surface area contributed by atoms with E-state index in [2.05, 4.69) is 10.2 Å². The highest BCUT2D eigenvalue weighted by Crippen LogP contribution is 2.35. The Balaban J connectivity index is 2.66. The van der Waals surface area contributed by atoms with Crippen molar-refractivity contribution in [1.29, 1.82) is 5.26 Å². The normalized spacial score (nSPS) is 10.8. The van der Waals surface area contributed by atoms with Gasteiger partial charge in [-0.15, -0.1) is 10.2 Å². The smallest absolute Gasteiger partial charge is 0.298 e. The lowest BCUT2D eigenvalue weighted by Gasteiger charge is -2.11. The molecule has 0 radical (unpaired) electrons. The summed E-state index contributed by atoms with van der Waals surface area (Å²) in [4.78, 5) is 22.5. The Hall–Kier alpha value is -3.25. The molecule has 0 fully saturated rings. The number of nitriles is 1. The molecule has 2 rings (SSSR count). The molecule has 0 aliphatic rings. The van der Waals surface area contributed by atoms with E-state index >= 15 is 0 Å². The fraction of sp³-hybridized carbons (Fsp3) is 0.200. The third-order valence-electron chi connectivity index (χ3n) is 3.48. The predicted octanol–water partition coefficient (Wildman–Crippen LogP) is 3.73. The highest BCUT2D eigenvalue weighted by Gasteiger charge is 2.19. The number of hydrogen-bond acceptors (Lipinski definition) is 7. The van der Waals surface area contributed by atoms with E-state index in [9.17, 15) is 20.0 Å². The summed E-state index contributed by atoms with van der Waals surface area (Å²) in [5.74, 6) is -0.468. The van der Waals surface area contributed by atoms with E-state index in [1.807, 2.05) is 0 Å². The van der Waals surface area contributed by atoms with Gasteiger partial charge in [0.15, 0.2) is 11.4 Å². The van der Waals surface area contributed by atoms with E-state index in [1.54, 1.807) is 13.0 Å². The average Bonchev–Trinajstić information content (AvgIpc) is 2.56. The maximum absolute atomic E-state index is 12.1. The van der Waals surface area contributed by atoms with Crippen LogP contribution in [0, 0.1) is 28.4 Å². The van der Waals surface area contributed by atoms with Crippen molar-refractivity contribution >= 4 is 28.7 Å². The highest BCUT2D eigenvalue weighted by atomic mass is 35.5. The maximum atomic E-state index is 12.1. The molecule has 0 aliphatic carbocycles. The Morgan fingerprint density at radius 2 is 2.12 bits per heavy atom. The molecule has 0 spiro atoms. The summed E-state index contributed by atoms with van der Waals surface area (Å²) in [5.41, 5.74) is -1.24. The highest BCUT2D eigenvalue weighted by molar-refractivity contribution is 6.30. The molecule has 2 aromatic rings. The Morgan fingerprint density at radius 1 is 1.44 bits per heavy atom. The van der Waals surface area contributed by atoms with Crippen molar-refractivity contribution in [2.24, 2.45) is 10.2 Å². The van der Waals surface area contributed by atoms with Gasteiger partial charge in [0.1, 0.15) is 11.6 Å². The second-order valence-corrected chi connectivity index (χ2v) is 5.36. The van der Waals surface area contributed by atoms with Crippen LogP contribution in [0.1, 0.15) is 18.1 Å². The number of rotatable bonds is 4. The molecule has 1 aromatic heterocycles. The van der Waals surface area contributed by atoms with Gasteiger partial charge in [0.05, 0.1) is 4.92 Å². The molecule has 0 unspecified atom stereocenters. The lowest BCUT2D eigenvalue weighted by Crippen LogP contribution is -2.23. The van der Waals surface area contributed by atoms with Gasteiger partial charge in [-0.2, -0.15) is 5.26 Å². The number of aromatic nitrogens is 1. The van der Waals surface area contributed by atoms with E-state index in [4.69, 9.17) is 16.9 Å². The molecule has 1 aromatic carbocycles. The first-order valence-corrected chi connectivity index (χ1v) is 7.41. The standard InChI is InChI=1S/C15H12ClN5O4/c1-3-20-14(22)10(7-17)8(2)13(15(20)23)19-18-11-5-4-9(16)6-12(11)21(24)25/h4-6,23H,3H2,1-2H3. The summed E-state index contributed by atoms with van der Waals surface area (Å²) in [5, 5.41) is 38.2. The van der Waals surface area contributed by atoms with Gasteiger partial charge >= 0.3 is 0 Å². The lowest BCUT2D eigenvalue weighted by molar-refractivity contribution is -0.384. The van der Waals surface area contributed by atoms with Crippen LogP contribution in [-0.4, -0.2) is 14.6 Å². The zero-order valence-electron chi connectivity index (χ0n) is 13.2. The van der Waals surface area contributed by atoms with E-state index in [-0.39, 0.29) is 39.8 Å². The monoisotopic (exact) mass is 361 g/mol. The number of benzene rings is 1. The molecule has 9 nitrogen and oxygen atoms in total. The Labute approximate surface area is 146 Å². The van der Waals surface area contributed by atoms with E-state index < -0.39 is 16.4 Å². The molecule has 0 amide bonds. The number of aromatic hydroxyl groups is 1. The van der Waals surface area contributed by atoms with Gasteiger partial charge in [-0.25, -0.2) is 0 Å². The summed E-state index contributed by atoms with van der Waals surface area (Å²) in [7, 11) is 0. The molecule has 0 saturated carbocycles. The van der Waals surface area contributed by atoms with Gasteiger partial charge in [0.25, 0.3) is 11.2 Å². The predicted molar refractivity (Wildman–Crippen MR) is 89.8 cm³/mol. The van der Waals surface area contributed by atoms with E-state index in [0.717, 1.165) is 10.6 Å². The Bertz CT molecular complexity index is 991. The minimum atomic E-state index is -0.666. The summed E-state index contributed by atoms with van der Waals surface area (Å²) >= 11 is 5.73. The van der Waals surface area contributed by atoms with Crippen LogP contribution in [0.2, 0.25) is 5.02 Å². The Kier molecular flexibility index (Phi) is 5.14. The summed E-state index contributed by atoms with van der Waals surface area (Å²) < 4.78 is 0.968. The molecule has 0 saturated heterocycles. The number of nitro groups is 1. The van der Waals surface area contributed by atoms with Crippen molar-refractivity contribution in [2.75, 3.05) is 0 Å². The van der Waals surface area contributed by atoms with Crippen LogP contribution in [0.5, 0.6) is 5.88 Å². The Morgan fingerprint density at radius 3 is 2.68 bits per heavy atom. The number of halogens is 1. The first-order valence-electron chi connectivity index (χ1n) is 7.03. The van der Waals surface area contributed by atoms with Gasteiger partial charge in [0.2, 0.25) is 5.88 Å². The van der Waals surface area contributed by atoms with Crippen LogP contribution < -0.4 is 5.56 Å². The fourth-order valence-corrected chi connectivity index (χ4v) is 2.35. The third-order valence-corrected chi connectivity index (χ3v) is 3.71. The molecule has 0 aliphatic heterocycles. The minimum absolute atomic E-state index is 0.0824. The van der Waals surface area contributed by atoms with Gasteiger partial charge < -0.3 is 5.11 Å². The first kappa shape index (κ1) is 18.1. The third kappa shape index (κ3) is 3.34. The summed E-state index contributed by atoms with van der Waals surface area (Å²) in [6, 6.07) is 5.60. The molecule has 1 N–H and O–H groups in total. The minimum Gasteiger partial charge on any atom is -0.493 e. The second-order valence-electron chi connectivity index (χ2n) is 4.92. The molecule has 25 heavy (non-hydrogen) atoms. The maximum Gasteiger partial charge on any atom is 0.298 e. The molecule has 0 bridgehead atoms. The first-order chi connectivity index (χ1) is 11.8. The van der Waals surface area contributed by atoms with Crippen LogP contribution in [0.3, 0.4) is 0 Å². The van der Waals surface area contributed by atoms with Crippen molar-refractivity contribution in [3.8, 4) is 11.9 Å². The zero-order valence-corrected chi connectivity index (χ0v) is 14.0. The molecular weight excluding hydrogens is 350 g/mol. The number of nitro benzene ring substituents is 1. The van der Waals surface area contributed by atoms with E-state index in [1.165, 1.54) is 19.1 Å². The quantitative estimate of drug-likeness (QED) is 0.503. The van der Waals surface area contributed by atoms with Crippen LogP contribution in [-0.2, 0) is 6.54 Å². The largest absolute Gasteiger partial charge is 0.493 e. The van der Waals surface area contributed by atoms with Crippen LogP contribution in [0.4, 0.5) is 17.1 Å². The summed E-state index contributed by atoms with van der Waals surface area (Å²) in [6.07, 6.45) is 0. The number of azo groups is 1. The fourth-order valence-electron chi connectivity index (χ4n) is 2.18. The topological polar surface area (TPSA) is 134 Å². The van der Waals surface area contributed by atoms with Crippen molar-refractivity contribution in [1.82, 2.24) is 4.57 Å². The van der Waals surface area contributed by atoms with Crippen LogP contribution >= 0.6 is 11.6 Å². The van der Waals surface area contributed by atoms with Gasteiger partial charge in [0, 0.05) is 23.2 Å². The van der Waals surface area contributed by atoms with Gasteiger partial charge in [-0.3, -0.25) is 19.5 Å². The summed E-state index contributed by atoms with van der Waals surface area (Å²) in [6.45, 7) is 3.16. The van der Waals surface area contributed by atoms with Crippen molar-refractivity contribution in [3.05, 3.63) is 54.8 Å². The van der Waals surface area contributed by atoms with Crippen molar-refractivity contribution in [3.63, 3.8) is 0 Å². The lowest BCUT2D eigenvalue weighted by atomic mass is 10.1. The van der Waals surface area contributed by atoms with Crippen LogP contribution in [0.25, 0.3) is 0 Å². The molecule has 128 valence electrons. The van der Waals surface area contributed by atoms with Crippen molar-refractivity contribution in [2.45, 2.75) is 20.4 Å².